The van der Waals surface area contributed by atoms with Crippen molar-refractivity contribution in [3.8, 4) is 0 Å². The van der Waals surface area contributed by atoms with Crippen LogP contribution in [0.4, 0.5) is 17.6 Å². The zero-order valence-corrected chi connectivity index (χ0v) is 19.3. The van der Waals surface area contributed by atoms with E-state index in [1.165, 1.54) is 30.5 Å². The van der Waals surface area contributed by atoms with Crippen molar-refractivity contribution < 1.29 is 26.8 Å². The summed E-state index contributed by atoms with van der Waals surface area (Å²) in [6, 6.07) is 11.1. The monoisotopic (exact) mass is 490 g/mol. The molecule has 0 N–H and O–H groups in total. The molecule has 10 heteroatoms. The fraction of sp³-hybridized carbons (Fsp3) is 0.360. The van der Waals surface area contributed by atoms with Gasteiger partial charge in [-0.25, -0.2) is 9.37 Å². The largest absolute Gasteiger partial charge is 0.447 e. The molecule has 0 unspecified atom stereocenters. The van der Waals surface area contributed by atoms with E-state index >= 15 is 0 Å². The first-order valence-electron chi connectivity index (χ1n) is 11.2. The molecule has 0 spiro atoms. The Labute approximate surface area is 200 Å². The Kier molecular flexibility index (Phi) is 7.51. The predicted molar refractivity (Wildman–Crippen MR) is 121 cm³/mol. The zero-order chi connectivity index (χ0) is 25.0. The standard InChI is InChI=1S/C25H26F4N4O2/c1-31-10-12-33(13-11-31)24(34)22-17-35-23(30-22)16-32(14-18-6-8-20(26)9-7-18)15-19-4-2-3-5-21(19)25(27,28)29/h2-9,17H,10-16H2,1H3. The van der Waals surface area contributed by atoms with Crippen LogP contribution >= 0.6 is 0 Å². The molecule has 0 aliphatic carbocycles. The molecule has 1 aromatic heterocycles. The van der Waals surface area contributed by atoms with Crippen molar-refractivity contribution in [1.29, 1.82) is 0 Å². The van der Waals surface area contributed by atoms with Crippen molar-refractivity contribution in [2.24, 2.45) is 0 Å². The summed E-state index contributed by atoms with van der Waals surface area (Å²) >= 11 is 0. The number of oxazole rings is 1. The lowest BCUT2D eigenvalue weighted by molar-refractivity contribution is -0.138. The summed E-state index contributed by atoms with van der Waals surface area (Å²) in [5, 5.41) is 0. The van der Waals surface area contributed by atoms with Crippen LogP contribution in [0.3, 0.4) is 0 Å². The highest BCUT2D eigenvalue weighted by atomic mass is 19.4. The lowest BCUT2D eigenvalue weighted by Gasteiger charge is -2.31. The molecule has 0 saturated carbocycles. The summed E-state index contributed by atoms with van der Waals surface area (Å²) in [4.78, 5) is 22.7. The van der Waals surface area contributed by atoms with Crippen LogP contribution < -0.4 is 0 Å². The maximum Gasteiger partial charge on any atom is 0.416 e. The second-order valence-corrected chi connectivity index (χ2v) is 8.65. The van der Waals surface area contributed by atoms with E-state index in [1.807, 2.05) is 7.05 Å². The van der Waals surface area contributed by atoms with E-state index in [4.69, 9.17) is 4.42 Å². The minimum Gasteiger partial charge on any atom is -0.447 e. The van der Waals surface area contributed by atoms with Crippen molar-refractivity contribution in [2.45, 2.75) is 25.8 Å². The van der Waals surface area contributed by atoms with Gasteiger partial charge in [0.2, 0.25) is 5.89 Å². The average Bonchev–Trinajstić information content (AvgIpc) is 3.29. The smallest absolute Gasteiger partial charge is 0.416 e. The van der Waals surface area contributed by atoms with Crippen molar-refractivity contribution in [2.75, 3.05) is 33.2 Å². The van der Waals surface area contributed by atoms with Gasteiger partial charge in [0.25, 0.3) is 5.91 Å². The molecule has 1 aliphatic heterocycles. The summed E-state index contributed by atoms with van der Waals surface area (Å²) in [6.07, 6.45) is -3.21. The van der Waals surface area contributed by atoms with Gasteiger partial charge in [0.05, 0.1) is 12.1 Å². The highest BCUT2D eigenvalue weighted by Gasteiger charge is 2.33. The van der Waals surface area contributed by atoms with Gasteiger partial charge in [-0.1, -0.05) is 30.3 Å². The molecule has 0 bridgehead atoms. The minimum absolute atomic E-state index is 0.0445. The van der Waals surface area contributed by atoms with Gasteiger partial charge in [0, 0.05) is 39.3 Å². The number of piperazine rings is 1. The molecular formula is C25H26F4N4O2. The highest BCUT2D eigenvalue weighted by molar-refractivity contribution is 5.92. The van der Waals surface area contributed by atoms with E-state index < -0.39 is 17.6 Å². The van der Waals surface area contributed by atoms with Crippen LogP contribution in [0.25, 0.3) is 0 Å². The zero-order valence-electron chi connectivity index (χ0n) is 19.3. The fourth-order valence-corrected chi connectivity index (χ4v) is 4.04. The van der Waals surface area contributed by atoms with Crippen LogP contribution in [0.5, 0.6) is 0 Å². The van der Waals surface area contributed by atoms with Crippen LogP contribution in [0.2, 0.25) is 0 Å². The number of hydrogen-bond donors (Lipinski definition) is 0. The lowest BCUT2D eigenvalue weighted by Crippen LogP contribution is -2.47. The van der Waals surface area contributed by atoms with Crippen LogP contribution in [0.1, 0.15) is 33.1 Å². The molecule has 1 fully saturated rings. The number of nitrogens with zero attached hydrogens (tertiary/aromatic N) is 4. The number of amides is 1. The maximum absolute atomic E-state index is 13.6. The number of aromatic nitrogens is 1. The molecule has 4 rings (SSSR count). The Morgan fingerprint density at radius 3 is 2.37 bits per heavy atom. The number of halogens is 4. The SMILES string of the molecule is CN1CCN(C(=O)c2coc(CN(Cc3ccc(F)cc3)Cc3ccccc3C(F)(F)F)n2)CC1. The van der Waals surface area contributed by atoms with Crippen LogP contribution in [0.15, 0.2) is 59.2 Å². The van der Waals surface area contributed by atoms with Gasteiger partial charge in [-0.05, 0) is 36.4 Å². The van der Waals surface area contributed by atoms with E-state index in [0.717, 1.165) is 24.7 Å². The molecule has 0 atom stereocenters. The molecule has 186 valence electrons. The summed E-state index contributed by atoms with van der Waals surface area (Å²) in [5.41, 5.74) is 0.267. The molecule has 3 aromatic rings. The van der Waals surface area contributed by atoms with Gasteiger partial charge >= 0.3 is 6.18 Å². The Hall–Kier alpha value is -3.24. The van der Waals surface area contributed by atoms with Crippen molar-refractivity contribution >= 4 is 5.91 Å². The second kappa shape index (κ2) is 10.6. The number of alkyl halides is 3. The molecule has 35 heavy (non-hydrogen) atoms. The maximum atomic E-state index is 13.6. The average molecular weight is 491 g/mol. The summed E-state index contributed by atoms with van der Waals surface area (Å²) < 4.78 is 59.5. The number of likely N-dealkylation sites (N-methyl/N-ethyl adjacent to an activating group) is 1. The lowest BCUT2D eigenvalue weighted by atomic mass is 10.1. The highest BCUT2D eigenvalue weighted by Crippen LogP contribution is 2.32. The van der Waals surface area contributed by atoms with Crippen LogP contribution in [-0.2, 0) is 25.8 Å². The van der Waals surface area contributed by atoms with Crippen molar-refractivity contribution in [3.05, 3.63) is 88.9 Å². The molecule has 1 amide bonds. The van der Waals surface area contributed by atoms with Crippen molar-refractivity contribution in [3.63, 3.8) is 0 Å². The van der Waals surface area contributed by atoms with E-state index in [9.17, 15) is 22.4 Å². The Bertz CT molecular complexity index is 1140. The van der Waals surface area contributed by atoms with Crippen LogP contribution in [-0.4, -0.2) is 58.8 Å². The van der Waals surface area contributed by atoms with E-state index in [2.05, 4.69) is 9.88 Å². The summed E-state index contributed by atoms with van der Waals surface area (Å²) in [7, 11) is 1.99. The van der Waals surface area contributed by atoms with Gasteiger partial charge in [-0.2, -0.15) is 13.2 Å². The fourth-order valence-electron chi connectivity index (χ4n) is 4.04. The predicted octanol–water partition coefficient (Wildman–Crippen LogP) is 4.42. The van der Waals surface area contributed by atoms with Crippen LogP contribution in [0, 0.1) is 5.82 Å². The van der Waals surface area contributed by atoms with Gasteiger partial charge in [-0.3, -0.25) is 9.69 Å². The third kappa shape index (κ3) is 6.46. The first kappa shape index (κ1) is 24.9. The van der Waals surface area contributed by atoms with Crippen molar-refractivity contribution in [1.82, 2.24) is 19.7 Å². The van der Waals surface area contributed by atoms with E-state index in [1.54, 1.807) is 28.0 Å². The molecular weight excluding hydrogens is 464 g/mol. The molecule has 1 aliphatic rings. The topological polar surface area (TPSA) is 52.8 Å². The van der Waals surface area contributed by atoms with Gasteiger partial charge in [0.1, 0.15) is 12.1 Å². The number of rotatable bonds is 7. The van der Waals surface area contributed by atoms with E-state index in [0.29, 0.717) is 13.1 Å². The van der Waals surface area contributed by atoms with Gasteiger partial charge < -0.3 is 14.2 Å². The molecule has 0 radical (unpaired) electrons. The molecule has 2 aromatic carbocycles. The Morgan fingerprint density at radius 1 is 1.00 bits per heavy atom. The first-order valence-corrected chi connectivity index (χ1v) is 11.2. The quantitative estimate of drug-likeness (QED) is 0.459. The number of carbonyl (C=O) groups is 1. The summed E-state index contributed by atoms with van der Waals surface area (Å²) in [5.74, 6) is -0.419. The minimum atomic E-state index is -4.50. The van der Waals surface area contributed by atoms with Gasteiger partial charge in [-0.15, -0.1) is 0 Å². The third-order valence-corrected chi connectivity index (χ3v) is 5.96. The van der Waals surface area contributed by atoms with Gasteiger partial charge in [0.15, 0.2) is 5.69 Å². The number of benzene rings is 2. The number of carbonyl (C=O) groups excluding carboxylic acids is 1. The second-order valence-electron chi connectivity index (χ2n) is 8.65. The number of hydrogen-bond acceptors (Lipinski definition) is 5. The van der Waals surface area contributed by atoms with E-state index in [-0.39, 0.29) is 42.7 Å². The normalized spacial score (nSPS) is 15.1. The molecule has 2 heterocycles. The molecule has 6 nitrogen and oxygen atoms in total. The first-order chi connectivity index (χ1) is 16.7. The third-order valence-electron chi connectivity index (χ3n) is 5.96. The summed E-state index contributed by atoms with van der Waals surface area (Å²) in [6.45, 7) is 2.96. The Morgan fingerprint density at radius 2 is 1.69 bits per heavy atom. The Balaban J connectivity index is 1.53. The molecule has 1 saturated heterocycles.